The largest absolute Gasteiger partial charge is 0.397 e. The molecule has 8 heteroatoms. The standard InChI is InChI=1S/C11H13BrN4O2S/c1-7-11(6-14-15-7)19(17,18)16(2)10-4-3-8(12)5-9(10)13/h3-6H,13H2,1-2H3,(H,14,15). The summed E-state index contributed by atoms with van der Waals surface area (Å²) in [6.07, 6.45) is 1.29. The molecule has 19 heavy (non-hydrogen) atoms. The zero-order valence-electron chi connectivity index (χ0n) is 10.4. The van der Waals surface area contributed by atoms with Crippen molar-refractivity contribution in [2.75, 3.05) is 17.1 Å². The van der Waals surface area contributed by atoms with Crippen molar-refractivity contribution in [3.05, 3.63) is 34.6 Å². The van der Waals surface area contributed by atoms with Crippen molar-refractivity contribution >= 4 is 37.3 Å². The Kier molecular flexibility index (Phi) is 3.55. The first-order valence-electron chi connectivity index (χ1n) is 5.38. The van der Waals surface area contributed by atoms with Crippen molar-refractivity contribution in [3.8, 4) is 0 Å². The normalized spacial score (nSPS) is 11.5. The highest BCUT2D eigenvalue weighted by atomic mass is 79.9. The molecule has 102 valence electrons. The van der Waals surface area contributed by atoms with Crippen molar-refractivity contribution < 1.29 is 8.42 Å². The Balaban J connectivity index is 2.50. The number of aryl methyl sites for hydroxylation is 1. The molecule has 0 spiro atoms. The third kappa shape index (κ3) is 2.45. The Bertz CT molecular complexity index is 711. The first-order chi connectivity index (χ1) is 8.84. The number of nitrogens with two attached hydrogens (primary N) is 1. The Hall–Kier alpha value is -1.54. The molecule has 0 aliphatic heterocycles. The van der Waals surface area contributed by atoms with Crippen molar-refractivity contribution in [1.82, 2.24) is 10.2 Å². The van der Waals surface area contributed by atoms with E-state index in [2.05, 4.69) is 26.1 Å². The first-order valence-corrected chi connectivity index (χ1v) is 7.61. The Morgan fingerprint density at radius 1 is 1.42 bits per heavy atom. The predicted octanol–water partition coefficient (Wildman–Crippen LogP) is 1.89. The van der Waals surface area contributed by atoms with E-state index in [9.17, 15) is 8.42 Å². The molecular formula is C11H13BrN4O2S. The van der Waals surface area contributed by atoms with E-state index in [1.54, 1.807) is 25.1 Å². The van der Waals surface area contributed by atoms with Gasteiger partial charge in [0.1, 0.15) is 4.90 Å². The molecule has 0 saturated heterocycles. The van der Waals surface area contributed by atoms with Gasteiger partial charge in [-0.3, -0.25) is 9.40 Å². The molecule has 2 aromatic rings. The number of aromatic amines is 1. The molecule has 0 aliphatic carbocycles. The minimum atomic E-state index is -3.67. The van der Waals surface area contributed by atoms with E-state index in [0.717, 1.165) is 8.78 Å². The van der Waals surface area contributed by atoms with Gasteiger partial charge in [0.15, 0.2) is 0 Å². The molecule has 1 heterocycles. The van der Waals surface area contributed by atoms with Crippen LogP contribution in [-0.4, -0.2) is 25.7 Å². The lowest BCUT2D eigenvalue weighted by molar-refractivity contribution is 0.594. The number of hydrogen-bond donors (Lipinski definition) is 2. The van der Waals surface area contributed by atoms with Crippen LogP contribution in [0.5, 0.6) is 0 Å². The average Bonchev–Trinajstić information content (AvgIpc) is 2.75. The molecule has 1 aromatic heterocycles. The number of nitrogens with zero attached hydrogens (tertiary/aromatic N) is 2. The van der Waals surface area contributed by atoms with E-state index in [1.165, 1.54) is 13.2 Å². The van der Waals surface area contributed by atoms with Crippen molar-refractivity contribution in [2.24, 2.45) is 0 Å². The monoisotopic (exact) mass is 344 g/mol. The summed E-state index contributed by atoms with van der Waals surface area (Å²) in [6.45, 7) is 1.65. The summed E-state index contributed by atoms with van der Waals surface area (Å²) in [4.78, 5) is 0.136. The Morgan fingerprint density at radius 2 is 2.11 bits per heavy atom. The van der Waals surface area contributed by atoms with Gasteiger partial charge in [-0.05, 0) is 25.1 Å². The van der Waals surface area contributed by atoms with Crippen LogP contribution in [0.1, 0.15) is 5.69 Å². The Morgan fingerprint density at radius 3 is 2.63 bits per heavy atom. The van der Waals surface area contributed by atoms with Gasteiger partial charge in [0, 0.05) is 11.5 Å². The number of benzene rings is 1. The fraction of sp³-hybridized carbons (Fsp3) is 0.182. The average molecular weight is 345 g/mol. The summed E-state index contributed by atoms with van der Waals surface area (Å²) in [5.74, 6) is 0. The number of rotatable bonds is 3. The molecule has 6 nitrogen and oxygen atoms in total. The third-order valence-electron chi connectivity index (χ3n) is 2.75. The molecule has 0 amide bonds. The van der Waals surface area contributed by atoms with E-state index >= 15 is 0 Å². The van der Waals surface area contributed by atoms with Crippen LogP contribution in [0, 0.1) is 6.92 Å². The lowest BCUT2D eigenvalue weighted by atomic mass is 10.3. The quantitative estimate of drug-likeness (QED) is 0.831. The summed E-state index contributed by atoms with van der Waals surface area (Å²) in [7, 11) is -2.21. The molecule has 0 bridgehead atoms. The van der Waals surface area contributed by atoms with Crippen LogP contribution >= 0.6 is 15.9 Å². The third-order valence-corrected chi connectivity index (χ3v) is 5.13. The zero-order chi connectivity index (χ0) is 14.2. The topological polar surface area (TPSA) is 92.1 Å². The highest BCUT2D eigenvalue weighted by molar-refractivity contribution is 9.10. The maximum Gasteiger partial charge on any atom is 0.267 e. The summed E-state index contributed by atoms with van der Waals surface area (Å²) < 4.78 is 26.8. The summed E-state index contributed by atoms with van der Waals surface area (Å²) >= 11 is 3.28. The maximum absolute atomic E-state index is 12.5. The summed E-state index contributed by atoms with van der Waals surface area (Å²) in [5, 5.41) is 6.34. The number of H-pyrrole nitrogens is 1. The lowest BCUT2D eigenvalue weighted by Crippen LogP contribution is -2.27. The molecule has 0 atom stereocenters. The molecule has 0 radical (unpaired) electrons. The van der Waals surface area contributed by atoms with Crippen LogP contribution in [0.15, 0.2) is 33.8 Å². The molecule has 0 unspecified atom stereocenters. The van der Waals surface area contributed by atoms with Gasteiger partial charge in [-0.1, -0.05) is 15.9 Å². The van der Waals surface area contributed by atoms with E-state index < -0.39 is 10.0 Å². The molecule has 1 aromatic carbocycles. The predicted molar refractivity (Wildman–Crippen MR) is 77.5 cm³/mol. The number of halogens is 1. The number of hydrogen-bond acceptors (Lipinski definition) is 4. The van der Waals surface area contributed by atoms with Crippen LogP contribution in [0.25, 0.3) is 0 Å². The number of aromatic nitrogens is 2. The number of nitrogen functional groups attached to an aromatic ring is 1. The van der Waals surface area contributed by atoms with E-state index in [-0.39, 0.29) is 4.90 Å². The van der Waals surface area contributed by atoms with E-state index in [1.807, 2.05) is 0 Å². The van der Waals surface area contributed by atoms with Crippen molar-refractivity contribution in [1.29, 1.82) is 0 Å². The van der Waals surface area contributed by atoms with Gasteiger partial charge in [-0.2, -0.15) is 5.10 Å². The molecule has 0 fully saturated rings. The number of nitrogens with one attached hydrogen (secondary N) is 1. The van der Waals surface area contributed by atoms with Crippen LogP contribution in [0.3, 0.4) is 0 Å². The SMILES string of the molecule is Cc1[nH]ncc1S(=O)(=O)N(C)c1ccc(Br)cc1N. The molecular weight excluding hydrogens is 332 g/mol. The van der Waals surface area contributed by atoms with Gasteiger partial charge in [0.2, 0.25) is 0 Å². The second-order valence-corrected chi connectivity index (χ2v) is 6.89. The second kappa shape index (κ2) is 4.86. The van der Waals surface area contributed by atoms with Gasteiger partial charge in [0.25, 0.3) is 10.0 Å². The van der Waals surface area contributed by atoms with Crippen LogP contribution < -0.4 is 10.0 Å². The number of anilines is 2. The summed E-state index contributed by atoms with van der Waals surface area (Å²) in [6, 6.07) is 5.04. The first kappa shape index (κ1) is 13.9. The fourth-order valence-corrected chi connectivity index (χ4v) is 3.41. The highest BCUT2D eigenvalue weighted by Crippen LogP contribution is 2.30. The van der Waals surface area contributed by atoms with Crippen LogP contribution in [0.2, 0.25) is 0 Å². The van der Waals surface area contributed by atoms with Crippen molar-refractivity contribution in [3.63, 3.8) is 0 Å². The van der Waals surface area contributed by atoms with Gasteiger partial charge < -0.3 is 5.73 Å². The Labute approximate surface area is 119 Å². The smallest absolute Gasteiger partial charge is 0.267 e. The minimum absolute atomic E-state index is 0.136. The fourth-order valence-electron chi connectivity index (χ4n) is 1.69. The van der Waals surface area contributed by atoms with E-state index in [0.29, 0.717) is 17.1 Å². The lowest BCUT2D eigenvalue weighted by Gasteiger charge is -2.20. The number of sulfonamides is 1. The molecule has 0 aliphatic rings. The second-order valence-electron chi connectivity index (χ2n) is 4.03. The van der Waals surface area contributed by atoms with Gasteiger partial charge in [-0.25, -0.2) is 8.42 Å². The van der Waals surface area contributed by atoms with E-state index in [4.69, 9.17) is 5.73 Å². The zero-order valence-corrected chi connectivity index (χ0v) is 12.8. The minimum Gasteiger partial charge on any atom is -0.397 e. The maximum atomic E-state index is 12.5. The summed E-state index contributed by atoms with van der Waals surface area (Å²) in [5.41, 5.74) is 7.14. The molecule has 0 saturated carbocycles. The van der Waals surface area contributed by atoms with Crippen LogP contribution in [-0.2, 0) is 10.0 Å². The highest BCUT2D eigenvalue weighted by Gasteiger charge is 2.25. The van der Waals surface area contributed by atoms with Crippen LogP contribution in [0.4, 0.5) is 11.4 Å². The molecule has 2 rings (SSSR count). The van der Waals surface area contributed by atoms with Gasteiger partial charge in [-0.15, -0.1) is 0 Å². The van der Waals surface area contributed by atoms with Crippen molar-refractivity contribution in [2.45, 2.75) is 11.8 Å². The molecule has 3 N–H and O–H groups in total. The van der Waals surface area contributed by atoms with Gasteiger partial charge in [0.05, 0.1) is 23.3 Å². The van der Waals surface area contributed by atoms with Gasteiger partial charge >= 0.3 is 0 Å².